The van der Waals surface area contributed by atoms with Gasteiger partial charge in [0.15, 0.2) is 0 Å². The van der Waals surface area contributed by atoms with Crippen molar-refractivity contribution in [3.05, 3.63) is 16.5 Å². The first-order valence-corrected chi connectivity index (χ1v) is 8.64. The molecule has 2 rings (SSSR count). The van der Waals surface area contributed by atoms with Gasteiger partial charge in [0.2, 0.25) is 10.0 Å². The minimum absolute atomic E-state index is 0. The van der Waals surface area contributed by atoms with Gasteiger partial charge in [-0.2, -0.15) is 0 Å². The molecule has 0 bridgehead atoms. The van der Waals surface area contributed by atoms with Crippen LogP contribution < -0.4 is 10.0 Å². The highest BCUT2D eigenvalue weighted by Gasteiger charge is 2.35. The zero-order valence-electron chi connectivity index (χ0n) is 11.0. The molecule has 0 radical (unpaired) electrons. The van der Waals surface area contributed by atoms with Gasteiger partial charge in [0.1, 0.15) is 4.21 Å². The molecule has 0 spiro atoms. The third-order valence-corrected chi connectivity index (χ3v) is 6.29. The summed E-state index contributed by atoms with van der Waals surface area (Å²) in [6, 6.07) is 3.10. The predicted molar refractivity (Wildman–Crippen MR) is 83.6 cm³/mol. The minimum atomic E-state index is -3.49. The van der Waals surface area contributed by atoms with E-state index in [4.69, 9.17) is 16.3 Å². The maximum absolute atomic E-state index is 12.1. The fraction of sp³-hybridized carbons (Fsp3) is 0.636. The summed E-state index contributed by atoms with van der Waals surface area (Å²) < 4.78 is 32.8. The van der Waals surface area contributed by atoms with Crippen molar-refractivity contribution in [2.45, 2.75) is 22.6 Å². The van der Waals surface area contributed by atoms with Crippen molar-refractivity contribution in [1.29, 1.82) is 0 Å². The summed E-state index contributed by atoms with van der Waals surface area (Å²) in [7, 11) is -1.87. The monoisotopic (exact) mass is 360 g/mol. The van der Waals surface area contributed by atoms with Crippen molar-refractivity contribution in [2.24, 2.45) is 0 Å². The molecule has 20 heavy (non-hydrogen) atoms. The molecule has 0 aromatic carbocycles. The van der Waals surface area contributed by atoms with Crippen molar-refractivity contribution in [2.75, 3.05) is 26.8 Å². The number of thiophene rings is 1. The summed E-state index contributed by atoms with van der Waals surface area (Å²) >= 11 is 6.82. The first-order valence-electron chi connectivity index (χ1n) is 5.96. The number of halogens is 2. The van der Waals surface area contributed by atoms with Gasteiger partial charge in [0.05, 0.1) is 16.5 Å². The molecule has 1 saturated heterocycles. The molecule has 5 nitrogen and oxygen atoms in total. The zero-order valence-corrected chi connectivity index (χ0v) is 14.2. The molecule has 1 fully saturated rings. The average molecular weight is 361 g/mol. The second-order valence-corrected chi connectivity index (χ2v) is 8.34. The maximum Gasteiger partial charge on any atom is 0.250 e. The molecule has 9 heteroatoms. The molecular formula is C11H18Cl2N2O3S2. The van der Waals surface area contributed by atoms with E-state index in [9.17, 15) is 8.42 Å². The van der Waals surface area contributed by atoms with Crippen molar-refractivity contribution in [1.82, 2.24) is 10.0 Å². The van der Waals surface area contributed by atoms with E-state index >= 15 is 0 Å². The van der Waals surface area contributed by atoms with E-state index in [1.54, 1.807) is 13.2 Å². The molecule has 1 unspecified atom stereocenters. The lowest BCUT2D eigenvalue weighted by Crippen LogP contribution is -2.52. The highest BCUT2D eigenvalue weighted by atomic mass is 35.5. The molecular weight excluding hydrogens is 343 g/mol. The number of sulfonamides is 1. The van der Waals surface area contributed by atoms with Crippen LogP contribution in [0.15, 0.2) is 16.3 Å². The van der Waals surface area contributed by atoms with Gasteiger partial charge in [-0.3, -0.25) is 0 Å². The van der Waals surface area contributed by atoms with Crippen LogP contribution in [0.2, 0.25) is 4.34 Å². The molecule has 1 aromatic heterocycles. The Kier molecular flexibility index (Phi) is 6.72. The summed E-state index contributed by atoms with van der Waals surface area (Å²) in [6.07, 6.45) is 1.92. The second-order valence-electron chi connectivity index (χ2n) is 4.63. The van der Waals surface area contributed by atoms with E-state index in [1.807, 2.05) is 0 Å². The van der Waals surface area contributed by atoms with Gasteiger partial charge >= 0.3 is 0 Å². The lowest BCUT2D eigenvalue weighted by molar-refractivity contribution is 0.122. The highest BCUT2D eigenvalue weighted by Crippen LogP contribution is 2.26. The molecule has 116 valence electrons. The Hall–Kier alpha value is 0.110. The number of methoxy groups -OCH3 is 1. The van der Waals surface area contributed by atoms with Gasteiger partial charge in [-0.25, -0.2) is 13.1 Å². The zero-order chi connectivity index (χ0) is 13.9. The first kappa shape index (κ1) is 18.2. The van der Waals surface area contributed by atoms with Gasteiger partial charge in [0, 0.05) is 13.7 Å². The molecule has 0 amide bonds. The Morgan fingerprint density at radius 2 is 2.30 bits per heavy atom. The van der Waals surface area contributed by atoms with Gasteiger partial charge in [0.25, 0.3) is 0 Å². The maximum atomic E-state index is 12.1. The third kappa shape index (κ3) is 4.30. The van der Waals surface area contributed by atoms with Crippen LogP contribution in [-0.2, 0) is 14.8 Å². The predicted octanol–water partition coefficient (Wildman–Crippen LogP) is 1.87. The largest absolute Gasteiger partial charge is 0.383 e. The van der Waals surface area contributed by atoms with Crippen molar-refractivity contribution >= 4 is 45.4 Å². The Morgan fingerprint density at radius 3 is 2.80 bits per heavy atom. The van der Waals surface area contributed by atoms with Crippen molar-refractivity contribution in [3.8, 4) is 0 Å². The summed E-state index contributed by atoms with van der Waals surface area (Å²) in [4.78, 5) is 0. The Balaban J connectivity index is 0.00000200. The molecule has 1 aliphatic heterocycles. The molecule has 1 atom stereocenters. The second kappa shape index (κ2) is 7.40. The van der Waals surface area contributed by atoms with Crippen LogP contribution in [0.5, 0.6) is 0 Å². The van der Waals surface area contributed by atoms with E-state index in [0.717, 1.165) is 30.7 Å². The molecule has 2 heterocycles. The lowest BCUT2D eigenvalue weighted by atomic mass is 9.99. The molecule has 0 aliphatic carbocycles. The quantitative estimate of drug-likeness (QED) is 0.812. The number of hydrogen-bond acceptors (Lipinski definition) is 5. The van der Waals surface area contributed by atoms with Crippen LogP contribution in [0.25, 0.3) is 0 Å². The van der Waals surface area contributed by atoms with Gasteiger partial charge in [-0.15, -0.1) is 23.7 Å². The minimum Gasteiger partial charge on any atom is -0.383 e. The van der Waals surface area contributed by atoms with Crippen molar-refractivity contribution in [3.63, 3.8) is 0 Å². The number of ether oxygens (including phenoxy) is 1. The molecule has 2 N–H and O–H groups in total. The summed E-state index contributed by atoms with van der Waals surface area (Å²) in [5.41, 5.74) is -0.303. The third-order valence-electron chi connectivity index (χ3n) is 3.17. The molecule has 0 saturated carbocycles. The van der Waals surface area contributed by atoms with Crippen LogP contribution in [-0.4, -0.2) is 40.8 Å². The molecule has 1 aliphatic rings. The highest BCUT2D eigenvalue weighted by molar-refractivity contribution is 7.91. The Bertz CT molecular complexity index is 528. The smallest absolute Gasteiger partial charge is 0.250 e. The van der Waals surface area contributed by atoms with E-state index < -0.39 is 10.0 Å². The van der Waals surface area contributed by atoms with Gasteiger partial charge in [-0.1, -0.05) is 11.6 Å². The lowest BCUT2D eigenvalue weighted by Gasteiger charge is -2.28. The van der Waals surface area contributed by atoms with Crippen LogP contribution >= 0.6 is 35.3 Å². The first-order chi connectivity index (χ1) is 8.97. The average Bonchev–Trinajstić information content (AvgIpc) is 2.98. The Morgan fingerprint density at radius 1 is 1.55 bits per heavy atom. The topological polar surface area (TPSA) is 67.4 Å². The van der Waals surface area contributed by atoms with E-state index in [0.29, 0.717) is 17.5 Å². The van der Waals surface area contributed by atoms with E-state index in [1.165, 1.54) is 6.07 Å². The number of hydrogen-bond donors (Lipinski definition) is 2. The summed E-state index contributed by atoms with van der Waals surface area (Å²) in [5.74, 6) is 0. The summed E-state index contributed by atoms with van der Waals surface area (Å²) in [5, 5.41) is 3.33. The summed E-state index contributed by atoms with van der Waals surface area (Å²) in [6.45, 7) is 1.69. The van der Waals surface area contributed by atoms with Gasteiger partial charge < -0.3 is 10.1 Å². The van der Waals surface area contributed by atoms with Crippen LogP contribution in [0.3, 0.4) is 0 Å². The van der Waals surface area contributed by atoms with Crippen molar-refractivity contribution < 1.29 is 13.2 Å². The fourth-order valence-electron chi connectivity index (χ4n) is 2.22. The van der Waals surface area contributed by atoms with Crippen LogP contribution in [0.4, 0.5) is 0 Å². The van der Waals surface area contributed by atoms with E-state index in [2.05, 4.69) is 10.0 Å². The number of rotatable bonds is 6. The number of nitrogens with one attached hydrogen (secondary N) is 2. The van der Waals surface area contributed by atoms with Gasteiger partial charge in [-0.05, 0) is 31.5 Å². The normalized spacial score (nSPS) is 22.7. The standard InChI is InChI=1S/C11H17ClN2O3S2.ClH/c1-17-8-11(5-2-6-13-11)7-14-19(15,16)10-4-3-9(12)18-10;/h3-4,13-14H,2,5-8H2,1H3;1H. The SMILES string of the molecule is COCC1(CNS(=O)(=O)c2ccc(Cl)s2)CCCN1.Cl. The molecule has 1 aromatic rings. The van der Waals surface area contributed by atoms with Crippen LogP contribution in [0, 0.1) is 0 Å². The fourth-order valence-corrected chi connectivity index (χ4v) is 4.87. The van der Waals surface area contributed by atoms with Crippen LogP contribution in [0.1, 0.15) is 12.8 Å². The Labute approximate surface area is 134 Å². The van der Waals surface area contributed by atoms with E-state index in [-0.39, 0.29) is 22.2 Å².